The Morgan fingerprint density at radius 3 is 2.25 bits per heavy atom. The molecule has 0 saturated heterocycles. The summed E-state index contributed by atoms with van der Waals surface area (Å²) in [4.78, 5) is 11.3. The summed E-state index contributed by atoms with van der Waals surface area (Å²) in [6.07, 6.45) is 5.34. The molecule has 0 unspecified atom stereocenters. The van der Waals surface area contributed by atoms with E-state index in [2.05, 4.69) is 6.92 Å². The molecule has 20 heavy (non-hydrogen) atoms. The molecule has 0 aromatic heterocycles. The summed E-state index contributed by atoms with van der Waals surface area (Å²) >= 11 is 0. The van der Waals surface area contributed by atoms with Crippen molar-refractivity contribution < 1.29 is 19.7 Å². The highest BCUT2D eigenvalue weighted by Crippen LogP contribution is 2.14. The highest BCUT2D eigenvalue weighted by Gasteiger charge is 2.13. The SMILES string of the molecule is CCCCCCCCOc1ccc(C(=O)C(O)O)cc1. The summed E-state index contributed by atoms with van der Waals surface area (Å²) in [7, 11) is 0. The van der Waals surface area contributed by atoms with Crippen LogP contribution in [0, 0.1) is 0 Å². The van der Waals surface area contributed by atoms with Crippen molar-refractivity contribution >= 4 is 5.78 Å². The van der Waals surface area contributed by atoms with Gasteiger partial charge in [0.1, 0.15) is 5.75 Å². The number of benzene rings is 1. The predicted octanol–water partition coefficient (Wildman–Crippen LogP) is 2.92. The second kappa shape index (κ2) is 9.50. The van der Waals surface area contributed by atoms with Gasteiger partial charge in [0.15, 0.2) is 0 Å². The fraction of sp³-hybridized carbons (Fsp3) is 0.562. The molecular formula is C16H24O4. The zero-order valence-electron chi connectivity index (χ0n) is 12.0. The molecule has 4 heteroatoms. The topological polar surface area (TPSA) is 66.8 Å². The van der Waals surface area contributed by atoms with Gasteiger partial charge in [-0.2, -0.15) is 0 Å². The summed E-state index contributed by atoms with van der Waals surface area (Å²) in [5, 5.41) is 17.6. The molecule has 112 valence electrons. The van der Waals surface area contributed by atoms with Crippen molar-refractivity contribution in [3.63, 3.8) is 0 Å². The Morgan fingerprint density at radius 1 is 1.05 bits per heavy atom. The molecule has 2 N–H and O–H groups in total. The molecule has 4 nitrogen and oxygen atoms in total. The van der Waals surface area contributed by atoms with Crippen LogP contribution in [0.15, 0.2) is 24.3 Å². The Kier molecular flexibility index (Phi) is 7.92. The Hall–Kier alpha value is -1.39. The van der Waals surface area contributed by atoms with Crippen LogP contribution < -0.4 is 4.74 Å². The molecule has 1 aromatic rings. The van der Waals surface area contributed by atoms with Gasteiger partial charge in [-0.05, 0) is 30.7 Å². The van der Waals surface area contributed by atoms with Crippen molar-refractivity contribution in [2.24, 2.45) is 0 Å². The van der Waals surface area contributed by atoms with Gasteiger partial charge in [-0.3, -0.25) is 4.79 Å². The number of Topliss-reactive ketones (excluding diaryl/α,β-unsaturated/α-hetero) is 1. The highest BCUT2D eigenvalue weighted by atomic mass is 16.5. The zero-order valence-corrected chi connectivity index (χ0v) is 12.0. The molecule has 0 bridgehead atoms. The fourth-order valence-electron chi connectivity index (χ4n) is 1.94. The lowest BCUT2D eigenvalue weighted by Crippen LogP contribution is -2.19. The number of hydrogen-bond acceptors (Lipinski definition) is 4. The monoisotopic (exact) mass is 280 g/mol. The summed E-state index contributed by atoms with van der Waals surface area (Å²) in [6, 6.07) is 6.43. The highest BCUT2D eigenvalue weighted by molar-refractivity contribution is 5.98. The van der Waals surface area contributed by atoms with Crippen LogP contribution in [0.4, 0.5) is 0 Å². The van der Waals surface area contributed by atoms with E-state index in [-0.39, 0.29) is 5.56 Å². The minimum atomic E-state index is -1.95. The molecule has 0 aliphatic carbocycles. The lowest BCUT2D eigenvalue weighted by Gasteiger charge is -2.07. The predicted molar refractivity (Wildman–Crippen MR) is 77.9 cm³/mol. The third-order valence-corrected chi connectivity index (χ3v) is 3.14. The molecule has 0 atom stereocenters. The summed E-state index contributed by atoms with van der Waals surface area (Å²) in [5.41, 5.74) is 0.270. The molecule has 1 rings (SSSR count). The van der Waals surface area contributed by atoms with Crippen molar-refractivity contribution in [2.45, 2.75) is 51.7 Å². The van der Waals surface area contributed by atoms with Crippen LogP contribution in [0.2, 0.25) is 0 Å². The van der Waals surface area contributed by atoms with Gasteiger partial charge >= 0.3 is 0 Å². The van der Waals surface area contributed by atoms with Gasteiger partial charge in [-0.1, -0.05) is 39.0 Å². The van der Waals surface area contributed by atoms with Gasteiger partial charge in [0.25, 0.3) is 0 Å². The summed E-state index contributed by atoms with van der Waals surface area (Å²) in [5.74, 6) is -0.00462. The standard InChI is InChI=1S/C16H24O4/c1-2-3-4-5-6-7-12-20-14-10-8-13(9-11-14)15(17)16(18)19/h8-11,16,18-19H,2-7,12H2,1H3. The first-order valence-corrected chi connectivity index (χ1v) is 7.28. The van der Waals surface area contributed by atoms with E-state index in [9.17, 15) is 4.79 Å². The number of hydrogen-bond donors (Lipinski definition) is 2. The van der Waals surface area contributed by atoms with Crippen molar-refractivity contribution in [1.82, 2.24) is 0 Å². The molecule has 0 saturated carbocycles. The van der Waals surface area contributed by atoms with Gasteiger partial charge < -0.3 is 14.9 Å². The molecule has 1 aromatic carbocycles. The van der Waals surface area contributed by atoms with Gasteiger partial charge in [0.05, 0.1) is 6.61 Å². The number of carbonyl (C=O) groups is 1. The fourth-order valence-corrected chi connectivity index (χ4v) is 1.94. The average molecular weight is 280 g/mol. The zero-order chi connectivity index (χ0) is 14.8. The second-order valence-electron chi connectivity index (χ2n) is 4.88. The number of aliphatic hydroxyl groups is 2. The number of ketones is 1. The van der Waals surface area contributed by atoms with Crippen LogP contribution in [0.3, 0.4) is 0 Å². The van der Waals surface area contributed by atoms with Crippen molar-refractivity contribution in [1.29, 1.82) is 0 Å². The second-order valence-corrected chi connectivity index (χ2v) is 4.88. The molecule has 0 fully saturated rings. The van der Waals surface area contributed by atoms with E-state index < -0.39 is 12.1 Å². The Bertz CT molecular complexity index is 384. The van der Waals surface area contributed by atoms with Crippen molar-refractivity contribution in [3.8, 4) is 5.75 Å². The number of carbonyl (C=O) groups excluding carboxylic acids is 1. The van der Waals surface area contributed by atoms with Crippen LogP contribution in [0.1, 0.15) is 55.8 Å². The van der Waals surface area contributed by atoms with E-state index in [4.69, 9.17) is 14.9 Å². The minimum Gasteiger partial charge on any atom is -0.494 e. The van der Waals surface area contributed by atoms with E-state index in [0.717, 1.165) is 6.42 Å². The first-order chi connectivity index (χ1) is 9.65. The van der Waals surface area contributed by atoms with Gasteiger partial charge in [-0.25, -0.2) is 0 Å². The lowest BCUT2D eigenvalue weighted by molar-refractivity contribution is -0.0195. The molecule has 0 spiro atoms. The summed E-state index contributed by atoms with van der Waals surface area (Å²) in [6.45, 7) is 2.87. The first kappa shape index (κ1) is 16.7. The molecule has 0 heterocycles. The minimum absolute atomic E-state index is 0.270. The third-order valence-electron chi connectivity index (χ3n) is 3.14. The third kappa shape index (κ3) is 6.17. The van der Waals surface area contributed by atoms with Gasteiger partial charge in [0, 0.05) is 5.56 Å². The first-order valence-electron chi connectivity index (χ1n) is 7.28. The molecular weight excluding hydrogens is 256 g/mol. The largest absolute Gasteiger partial charge is 0.494 e. The molecule has 0 radical (unpaired) electrons. The van der Waals surface area contributed by atoms with E-state index in [1.54, 1.807) is 24.3 Å². The van der Waals surface area contributed by atoms with Crippen molar-refractivity contribution in [2.75, 3.05) is 6.61 Å². The molecule has 0 aliphatic rings. The number of rotatable bonds is 10. The molecule has 0 amide bonds. The van der Waals surface area contributed by atoms with Crippen LogP contribution >= 0.6 is 0 Å². The smallest absolute Gasteiger partial charge is 0.218 e. The van der Waals surface area contributed by atoms with E-state index in [0.29, 0.717) is 12.4 Å². The maximum Gasteiger partial charge on any atom is 0.218 e. The van der Waals surface area contributed by atoms with E-state index in [1.807, 2.05) is 0 Å². The van der Waals surface area contributed by atoms with Crippen LogP contribution in [-0.4, -0.2) is 28.9 Å². The Labute approximate surface area is 120 Å². The van der Waals surface area contributed by atoms with Crippen molar-refractivity contribution in [3.05, 3.63) is 29.8 Å². The maximum absolute atomic E-state index is 11.3. The quantitative estimate of drug-likeness (QED) is 0.393. The van der Waals surface area contributed by atoms with Crippen LogP contribution in [0.5, 0.6) is 5.75 Å². The van der Waals surface area contributed by atoms with E-state index in [1.165, 1.54) is 32.1 Å². The number of unbranched alkanes of at least 4 members (excludes halogenated alkanes) is 5. The number of aliphatic hydroxyl groups excluding tert-OH is 1. The normalized spacial score (nSPS) is 10.8. The van der Waals surface area contributed by atoms with Crippen LogP contribution in [-0.2, 0) is 0 Å². The van der Waals surface area contributed by atoms with Gasteiger partial charge in [0.2, 0.25) is 12.1 Å². The Balaban J connectivity index is 2.23. The summed E-state index contributed by atoms with van der Waals surface area (Å²) < 4.78 is 5.57. The lowest BCUT2D eigenvalue weighted by atomic mass is 10.1. The van der Waals surface area contributed by atoms with Gasteiger partial charge in [-0.15, -0.1) is 0 Å². The Morgan fingerprint density at radius 2 is 1.65 bits per heavy atom. The van der Waals surface area contributed by atoms with E-state index >= 15 is 0 Å². The maximum atomic E-state index is 11.3. The van der Waals surface area contributed by atoms with Crippen LogP contribution in [0.25, 0.3) is 0 Å². The average Bonchev–Trinajstić information content (AvgIpc) is 2.46. The number of ether oxygens (including phenoxy) is 1. The molecule has 0 aliphatic heterocycles.